The number of halogens is 1. The van der Waals surface area contributed by atoms with Crippen molar-refractivity contribution in [2.24, 2.45) is 0 Å². The fourth-order valence-electron chi connectivity index (χ4n) is 3.17. The van der Waals surface area contributed by atoms with E-state index >= 15 is 0 Å². The summed E-state index contributed by atoms with van der Waals surface area (Å²) in [5.41, 5.74) is 2.17. The van der Waals surface area contributed by atoms with Gasteiger partial charge in [-0.15, -0.1) is 12.4 Å². The number of hydrogen-bond acceptors (Lipinski definition) is 3. The van der Waals surface area contributed by atoms with Crippen molar-refractivity contribution in [1.29, 1.82) is 0 Å². The van der Waals surface area contributed by atoms with Crippen molar-refractivity contribution in [2.45, 2.75) is 13.0 Å². The van der Waals surface area contributed by atoms with Crippen LogP contribution >= 0.6 is 12.4 Å². The van der Waals surface area contributed by atoms with Gasteiger partial charge in [-0.3, -0.25) is 14.6 Å². The molecule has 1 atom stereocenters. The highest BCUT2D eigenvalue weighted by molar-refractivity contribution is 5.97. The number of hydrogen-bond donors (Lipinski definition) is 0. The Balaban J connectivity index is 0.00000208. The first-order chi connectivity index (χ1) is 11.2. The molecule has 3 nitrogen and oxygen atoms in total. The standard InChI is InChI=1S/C20H24N2O.ClH/c1-17(18-8-4-2-5-9-18)22-14-12-21(13-15-22)16-20(23)19-10-6-3-7-11-19;/h2-11,17H,12-16H2,1H3;1H/t17-;/m1./s1. The molecule has 1 aliphatic heterocycles. The van der Waals surface area contributed by atoms with Crippen LogP contribution in [0.25, 0.3) is 0 Å². The Morgan fingerprint density at radius 3 is 2.04 bits per heavy atom. The van der Waals surface area contributed by atoms with Crippen molar-refractivity contribution in [3.63, 3.8) is 0 Å². The maximum Gasteiger partial charge on any atom is 0.176 e. The number of Topliss-reactive ketones (excluding diaryl/α,β-unsaturated/α-hetero) is 1. The van der Waals surface area contributed by atoms with E-state index in [1.54, 1.807) is 0 Å². The highest BCUT2D eigenvalue weighted by atomic mass is 35.5. The Morgan fingerprint density at radius 2 is 1.46 bits per heavy atom. The zero-order valence-corrected chi connectivity index (χ0v) is 14.9. The van der Waals surface area contributed by atoms with Gasteiger partial charge in [0.15, 0.2) is 5.78 Å². The van der Waals surface area contributed by atoms with Crippen molar-refractivity contribution in [3.05, 3.63) is 71.8 Å². The molecule has 1 saturated heterocycles. The molecule has 0 aromatic heterocycles. The van der Waals surface area contributed by atoms with Gasteiger partial charge < -0.3 is 0 Å². The van der Waals surface area contributed by atoms with Crippen LogP contribution in [0.3, 0.4) is 0 Å². The molecule has 0 bridgehead atoms. The Kier molecular flexibility index (Phi) is 6.98. The second-order valence-electron chi connectivity index (χ2n) is 6.19. The number of rotatable bonds is 5. The first kappa shape index (κ1) is 18.7. The quantitative estimate of drug-likeness (QED) is 0.773. The maximum absolute atomic E-state index is 12.3. The summed E-state index contributed by atoms with van der Waals surface area (Å²) in [4.78, 5) is 17.1. The maximum atomic E-state index is 12.3. The van der Waals surface area contributed by atoms with Crippen molar-refractivity contribution in [2.75, 3.05) is 32.7 Å². The largest absolute Gasteiger partial charge is 0.294 e. The number of nitrogens with zero attached hydrogens (tertiary/aromatic N) is 2. The molecule has 2 aromatic rings. The van der Waals surface area contributed by atoms with E-state index in [1.807, 2.05) is 30.3 Å². The fraction of sp³-hybridized carbons (Fsp3) is 0.350. The van der Waals surface area contributed by atoms with Gasteiger partial charge in [0.1, 0.15) is 0 Å². The lowest BCUT2D eigenvalue weighted by Crippen LogP contribution is -2.48. The summed E-state index contributed by atoms with van der Waals surface area (Å²) in [6, 6.07) is 20.7. The van der Waals surface area contributed by atoms with Crippen molar-refractivity contribution < 1.29 is 4.79 Å². The number of ketones is 1. The second-order valence-corrected chi connectivity index (χ2v) is 6.19. The molecule has 0 saturated carbocycles. The average Bonchev–Trinajstić information content (AvgIpc) is 2.63. The topological polar surface area (TPSA) is 23.6 Å². The van der Waals surface area contributed by atoms with Crippen LogP contribution in [0.2, 0.25) is 0 Å². The van der Waals surface area contributed by atoms with E-state index in [-0.39, 0.29) is 18.2 Å². The molecule has 1 heterocycles. The van der Waals surface area contributed by atoms with Crippen LogP contribution in [-0.4, -0.2) is 48.3 Å². The van der Waals surface area contributed by atoms with Crippen LogP contribution in [0.1, 0.15) is 28.9 Å². The molecule has 3 rings (SSSR count). The molecule has 0 N–H and O–H groups in total. The Hall–Kier alpha value is -1.68. The van der Waals surface area contributed by atoms with Crippen LogP contribution < -0.4 is 0 Å². The van der Waals surface area contributed by atoms with Gasteiger partial charge in [0, 0.05) is 37.8 Å². The third kappa shape index (κ3) is 4.67. The first-order valence-corrected chi connectivity index (χ1v) is 8.33. The lowest BCUT2D eigenvalue weighted by atomic mass is 10.1. The van der Waals surface area contributed by atoms with Gasteiger partial charge in [-0.2, -0.15) is 0 Å². The van der Waals surface area contributed by atoms with E-state index in [4.69, 9.17) is 0 Å². The summed E-state index contributed by atoms with van der Waals surface area (Å²) in [6.45, 7) is 6.72. The lowest BCUT2D eigenvalue weighted by Gasteiger charge is -2.38. The zero-order chi connectivity index (χ0) is 16.1. The summed E-state index contributed by atoms with van der Waals surface area (Å²) in [7, 11) is 0. The molecule has 0 radical (unpaired) electrons. The molecule has 0 aliphatic carbocycles. The third-order valence-electron chi connectivity index (χ3n) is 4.70. The molecule has 2 aromatic carbocycles. The summed E-state index contributed by atoms with van der Waals surface area (Å²) in [5.74, 6) is 0.218. The molecule has 24 heavy (non-hydrogen) atoms. The number of piperazine rings is 1. The lowest BCUT2D eigenvalue weighted by molar-refractivity contribution is 0.0788. The Morgan fingerprint density at radius 1 is 0.917 bits per heavy atom. The molecular weight excluding hydrogens is 320 g/mol. The van der Waals surface area contributed by atoms with E-state index in [0.29, 0.717) is 12.6 Å². The Bertz CT molecular complexity index is 625. The van der Waals surface area contributed by atoms with Crippen molar-refractivity contribution >= 4 is 18.2 Å². The van der Waals surface area contributed by atoms with Gasteiger partial charge in [-0.1, -0.05) is 60.7 Å². The van der Waals surface area contributed by atoms with Crippen LogP contribution in [0.5, 0.6) is 0 Å². The number of carbonyl (C=O) groups excluding carboxylic acids is 1. The van der Waals surface area contributed by atoms with Gasteiger partial charge in [0.2, 0.25) is 0 Å². The molecular formula is C20H25ClN2O. The third-order valence-corrected chi connectivity index (χ3v) is 4.70. The highest BCUT2D eigenvalue weighted by Gasteiger charge is 2.23. The molecule has 4 heteroatoms. The average molecular weight is 345 g/mol. The smallest absolute Gasteiger partial charge is 0.176 e. The van der Waals surface area contributed by atoms with E-state index in [1.165, 1.54) is 5.56 Å². The molecule has 0 unspecified atom stereocenters. The fourth-order valence-corrected chi connectivity index (χ4v) is 3.17. The molecule has 1 aliphatic rings. The molecule has 128 valence electrons. The van der Waals surface area contributed by atoms with Crippen molar-refractivity contribution in [1.82, 2.24) is 9.80 Å². The van der Waals surface area contributed by atoms with Crippen LogP contribution in [0, 0.1) is 0 Å². The molecule has 0 amide bonds. The van der Waals surface area contributed by atoms with E-state index in [2.05, 4.69) is 47.1 Å². The minimum absolute atomic E-state index is 0. The van der Waals surface area contributed by atoms with Crippen LogP contribution in [0.4, 0.5) is 0 Å². The highest BCUT2D eigenvalue weighted by Crippen LogP contribution is 2.21. The van der Waals surface area contributed by atoms with Gasteiger partial charge >= 0.3 is 0 Å². The van der Waals surface area contributed by atoms with Crippen LogP contribution in [-0.2, 0) is 0 Å². The Labute approximate surface area is 150 Å². The minimum Gasteiger partial charge on any atom is -0.294 e. The number of benzene rings is 2. The monoisotopic (exact) mass is 344 g/mol. The predicted molar refractivity (Wildman–Crippen MR) is 101 cm³/mol. The van der Waals surface area contributed by atoms with E-state index in [0.717, 1.165) is 31.7 Å². The van der Waals surface area contributed by atoms with Crippen molar-refractivity contribution in [3.8, 4) is 0 Å². The zero-order valence-electron chi connectivity index (χ0n) is 14.1. The second kappa shape index (κ2) is 8.97. The summed E-state index contributed by atoms with van der Waals surface area (Å²) in [5, 5.41) is 0. The normalized spacial score (nSPS) is 17.0. The molecule has 1 fully saturated rings. The van der Waals surface area contributed by atoms with Gasteiger partial charge in [-0.05, 0) is 12.5 Å². The first-order valence-electron chi connectivity index (χ1n) is 8.33. The summed E-state index contributed by atoms with van der Waals surface area (Å²) >= 11 is 0. The minimum atomic E-state index is 0. The molecule has 0 spiro atoms. The van der Waals surface area contributed by atoms with Crippen LogP contribution in [0.15, 0.2) is 60.7 Å². The van der Waals surface area contributed by atoms with E-state index in [9.17, 15) is 4.79 Å². The van der Waals surface area contributed by atoms with Gasteiger partial charge in [-0.25, -0.2) is 0 Å². The van der Waals surface area contributed by atoms with E-state index < -0.39 is 0 Å². The van der Waals surface area contributed by atoms with Gasteiger partial charge in [0.25, 0.3) is 0 Å². The summed E-state index contributed by atoms with van der Waals surface area (Å²) < 4.78 is 0. The van der Waals surface area contributed by atoms with Gasteiger partial charge in [0.05, 0.1) is 6.54 Å². The summed E-state index contributed by atoms with van der Waals surface area (Å²) in [6.07, 6.45) is 0. The SMILES string of the molecule is C[C@H](c1ccccc1)N1CCN(CC(=O)c2ccccc2)CC1.Cl. The number of carbonyl (C=O) groups is 1. The predicted octanol–water partition coefficient (Wildman–Crippen LogP) is 3.67.